The van der Waals surface area contributed by atoms with Crippen molar-refractivity contribution in [2.24, 2.45) is 0 Å². The molecule has 1 aliphatic heterocycles. The summed E-state index contributed by atoms with van der Waals surface area (Å²) in [6, 6.07) is 8.07. The van der Waals surface area contributed by atoms with Crippen LogP contribution in [-0.2, 0) is 6.54 Å². The molecule has 0 aliphatic carbocycles. The van der Waals surface area contributed by atoms with E-state index in [0.29, 0.717) is 18.3 Å². The Morgan fingerprint density at radius 3 is 2.54 bits per heavy atom. The number of aromatic nitrogens is 3. The van der Waals surface area contributed by atoms with Crippen LogP contribution in [0.5, 0.6) is 0 Å². The first-order chi connectivity index (χ1) is 11.6. The fourth-order valence-corrected chi connectivity index (χ4v) is 2.88. The lowest BCUT2D eigenvalue weighted by Gasteiger charge is -2.33. The molecule has 24 heavy (non-hydrogen) atoms. The minimum atomic E-state index is 0.252. The molecule has 0 atom stereocenters. The van der Waals surface area contributed by atoms with Crippen molar-refractivity contribution < 1.29 is 0 Å². The zero-order valence-electron chi connectivity index (χ0n) is 14.4. The number of rotatable bonds is 5. The number of hydrogen-bond donors (Lipinski definition) is 2. The molecule has 0 bridgehead atoms. The molecule has 2 heterocycles. The van der Waals surface area contributed by atoms with E-state index in [1.54, 1.807) is 0 Å². The average molecular weight is 327 g/mol. The number of anilines is 3. The summed E-state index contributed by atoms with van der Waals surface area (Å²) in [6.07, 6.45) is 0. The van der Waals surface area contributed by atoms with E-state index >= 15 is 0 Å². The summed E-state index contributed by atoms with van der Waals surface area (Å²) < 4.78 is 0. The monoisotopic (exact) mass is 327 g/mol. The topological polar surface area (TPSA) is 83.2 Å². The molecule has 0 saturated carbocycles. The van der Waals surface area contributed by atoms with E-state index in [2.05, 4.69) is 37.0 Å². The first-order valence-corrected chi connectivity index (χ1v) is 8.41. The molecule has 1 aromatic carbocycles. The zero-order chi connectivity index (χ0) is 16.9. The van der Waals surface area contributed by atoms with Gasteiger partial charge >= 0.3 is 0 Å². The number of aryl methyl sites for hydroxylation is 1. The van der Waals surface area contributed by atoms with E-state index in [0.717, 1.165) is 38.4 Å². The molecule has 1 fully saturated rings. The third-order valence-electron chi connectivity index (χ3n) is 4.25. The van der Waals surface area contributed by atoms with Crippen molar-refractivity contribution in [2.75, 3.05) is 43.8 Å². The Labute approximate surface area is 142 Å². The Bertz CT molecular complexity index is 680. The van der Waals surface area contributed by atoms with Crippen LogP contribution in [0.4, 0.5) is 17.6 Å². The predicted molar refractivity (Wildman–Crippen MR) is 96.1 cm³/mol. The average Bonchev–Trinajstić information content (AvgIpc) is 2.55. The van der Waals surface area contributed by atoms with Gasteiger partial charge < -0.3 is 16.0 Å². The molecule has 1 saturated heterocycles. The van der Waals surface area contributed by atoms with E-state index < -0.39 is 0 Å². The molecule has 1 aromatic heterocycles. The maximum Gasteiger partial charge on any atom is 0.232 e. The van der Waals surface area contributed by atoms with E-state index in [1.165, 1.54) is 5.56 Å². The van der Waals surface area contributed by atoms with Gasteiger partial charge in [0, 0.05) is 31.9 Å². The number of nitrogens with one attached hydrogen (secondary N) is 1. The standard InChI is InChI=1S/C17H25N7/c1-3-23-7-9-24(10-8-23)12-15-20-16(18)22-17(21-15)19-14-6-4-5-13(2)11-14/h4-6,11H,3,7-10,12H2,1-2H3,(H3,18,19,20,21,22). The predicted octanol–water partition coefficient (Wildman–Crippen LogP) is 1.64. The van der Waals surface area contributed by atoms with Gasteiger partial charge in [-0.05, 0) is 31.2 Å². The molecule has 7 heteroatoms. The van der Waals surface area contributed by atoms with Gasteiger partial charge in [-0.3, -0.25) is 4.90 Å². The molecule has 128 valence electrons. The summed E-state index contributed by atoms with van der Waals surface area (Å²) in [5.74, 6) is 1.46. The van der Waals surface area contributed by atoms with Gasteiger partial charge in [0.1, 0.15) is 5.82 Å². The van der Waals surface area contributed by atoms with Gasteiger partial charge in [-0.25, -0.2) is 0 Å². The Hall–Kier alpha value is -2.25. The lowest BCUT2D eigenvalue weighted by atomic mass is 10.2. The second kappa shape index (κ2) is 7.55. The molecule has 0 spiro atoms. The van der Waals surface area contributed by atoms with Gasteiger partial charge in [-0.2, -0.15) is 15.0 Å². The van der Waals surface area contributed by atoms with Crippen molar-refractivity contribution >= 4 is 17.6 Å². The van der Waals surface area contributed by atoms with Gasteiger partial charge in [-0.15, -0.1) is 0 Å². The van der Waals surface area contributed by atoms with Crippen LogP contribution in [-0.4, -0.2) is 57.5 Å². The van der Waals surface area contributed by atoms with Crippen molar-refractivity contribution in [3.8, 4) is 0 Å². The fraction of sp³-hybridized carbons (Fsp3) is 0.471. The highest BCUT2D eigenvalue weighted by Gasteiger charge is 2.17. The second-order valence-corrected chi connectivity index (χ2v) is 6.14. The maximum absolute atomic E-state index is 5.86. The zero-order valence-corrected chi connectivity index (χ0v) is 14.4. The third kappa shape index (κ3) is 4.39. The van der Waals surface area contributed by atoms with E-state index in [1.807, 2.05) is 31.2 Å². The van der Waals surface area contributed by atoms with Crippen molar-refractivity contribution in [3.05, 3.63) is 35.7 Å². The van der Waals surface area contributed by atoms with Crippen LogP contribution in [0, 0.1) is 6.92 Å². The number of nitrogen functional groups attached to an aromatic ring is 1. The van der Waals surface area contributed by atoms with Crippen molar-refractivity contribution in [1.29, 1.82) is 0 Å². The maximum atomic E-state index is 5.86. The van der Waals surface area contributed by atoms with E-state index in [4.69, 9.17) is 5.73 Å². The summed E-state index contributed by atoms with van der Waals surface area (Å²) in [5.41, 5.74) is 7.99. The largest absolute Gasteiger partial charge is 0.368 e. The molecule has 2 aromatic rings. The summed E-state index contributed by atoms with van der Waals surface area (Å²) >= 11 is 0. The van der Waals surface area contributed by atoms with Crippen LogP contribution in [0.2, 0.25) is 0 Å². The van der Waals surface area contributed by atoms with Crippen molar-refractivity contribution in [1.82, 2.24) is 24.8 Å². The van der Waals surface area contributed by atoms with Gasteiger partial charge in [0.25, 0.3) is 0 Å². The Balaban J connectivity index is 1.67. The molecule has 0 unspecified atom stereocenters. The molecule has 3 rings (SSSR count). The normalized spacial score (nSPS) is 16.2. The van der Waals surface area contributed by atoms with Crippen molar-refractivity contribution in [3.63, 3.8) is 0 Å². The summed E-state index contributed by atoms with van der Waals surface area (Å²) in [4.78, 5) is 17.8. The lowest BCUT2D eigenvalue weighted by Crippen LogP contribution is -2.45. The van der Waals surface area contributed by atoms with E-state index in [-0.39, 0.29) is 5.95 Å². The Kier molecular flexibility index (Phi) is 5.22. The van der Waals surface area contributed by atoms with Crippen LogP contribution in [0.15, 0.2) is 24.3 Å². The van der Waals surface area contributed by atoms with Crippen LogP contribution < -0.4 is 11.1 Å². The van der Waals surface area contributed by atoms with Crippen LogP contribution >= 0.6 is 0 Å². The highest BCUT2D eigenvalue weighted by Crippen LogP contribution is 2.15. The number of likely N-dealkylation sites (N-methyl/N-ethyl adjacent to an activating group) is 1. The minimum absolute atomic E-state index is 0.252. The second-order valence-electron chi connectivity index (χ2n) is 6.14. The fourth-order valence-electron chi connectivity index (χ4n) is 2.88. The van der Waals surface area contributed by atoms with Gasteiger partial charge in [-0.1, -0.05) is 19.1 Å². The number of hydrogen-bond acceptors (Lipinski definition) is 7. The smallest absolute Gasteiger partial charge is 0.232 e. The molecule has 0 radical (unpaired) electrons. The molecule has 0 amide bonds. The summed E-state index contributed by atoms with van der Waals surface area (Å²) in [5, 5.41) is 3.21. The molecule has 7 nitrogen and oxygen atoms in total. The van der Waals surface area contributed by atoms with Crippen LogP contribution in [0.3, 0.4) is 0 Å². The lowest BCUT2D eigenvalue weighted by molar-refractivity contribution is 0.129. The van der Waals surface area contributed by atoms with Crippen molar-refractivity contribution in [2.45, 2.75) is 20.4 Å². The minimum Gasteiger partial charge on any atom is -0.368 e. The van der Waals surface area contributed by atoms with Crippen LogP contribution in [0.1, 0.15) is 18.3 Å². The molecule has 1 aliphatic rings. The van der Waals surface area contributed by atoms with Gasteiger partial charge in [0.15, 0.2) is 0 Å². The summed E-state index contributed by atoms with van der Waals surface area (Å²) in [7, 11) is 0. The van der Waals surface area contributed by atoms with Gasteiger partial charge in [0.05, 0.1) is 6.54 Å². The van der Waals surface area contributed by atoms with E-state index in [9.17, 15) is 0 Å². The summed E-state index contributed by atoms with van der Waals surface area (Å²) in [6.45, 7) is 10.3. The molecule has 3 N–H and O–H groups in total. The van der Waals surface area contributed by atoms with Gasteiger partial charge in [0.2, 0.25) is 11.9 Å². The number of nitrogens with two attached hydrogens (primary N) is 1. The highest BCUT2D eigenvalue weighted by molar-refractivity contribution is 5.54. The Morgan fingerprint density at radius 1 is 1.08 bits per heavy atom. The first kappa shape index (κ1) is 16.6. The first-order valence-electron chi connectivity index (χ1n) is 8.41. The number of benzene rings is 1. The number of piperazine rings is 1. The quantitative estimate of drug-likeness (QED) is 0.864. The van der Waals surface area contributed by atoms with Crippen LogP contribution in [0.25, 0.3) is 0 Å². The number of nitrogens with zero attached hydrogens (tertiary/aromatic N) is 5. The third-order valence-corrected chi connectivity index (χ3v) is 4.25. The SMILES string of the molecule is CCN1CCN(Cc2nc(N)nc(Nc3cccc(C)c3)n2)CC1. The molecular formula is C17H25N7. The Morgan fingerprint density at radius 2 is 1.83 bits per heavy atom. The molecular weight excluding hydrogens is 302 g/mol. The highest BCUT2D eigenvalue weighted by atomic mass is 15.3.